The number of hydrogen-bond donors (Lipinski definition) is 1. The predicted molar refractivity (Wildman–Crippen MR) is 99.4 cm³/mol. The Morgan fingerprint density at radius 2 is 1.87 bits per heavy atom. The summed E-state index contributed by atoms with van der Waals surface area (Å²) in [6.45, 7) is 15.1. The van der Waals surface area contributed by atoms with Gasteiger partial charge >= 0.3 is 0 Å². The molecule has 1 N–H and O–H groups in total. The minimum absolute atomic E-state index is 0.0195. The highest BCUT2D eigenvalue weighted by atomic mass is 15.0. The van der Waals surface area contributed by atoms with Crippen LogP contribution in [0.3, 0.4) is 0 Å². The standard InChI is InChI=1S/C22H31N/c1-7-23-22(6)19-11-9-8-10-18(19)14-16(3)20-17(4)15(2)12-13-21(20,22)5/h8-13,15-16,23H,7,14H2,1-6H3/t15?,16?,21?,22-/m0/s1. The molecule has 124 valence electrons. The van der Waals surface area contributed by atoms with E-state index < -0.39 is 0 Å². The van der Waals surface area contributed by atoms with E-state index >= 15 is 0 Å². The summed E-state index contributed by atoms with van der Waals surface area (Å²) in [5, 5.41) is 3.87. The molecule has 1 aromatic carbocycles. The molecule has 0 aliphatic heterocycles. The molecule has 0 radical (unpaired) electrons. The SMILES string of the molecule is CCN[C@@]1(C)c2ccccc2CC(C)C2=C(C)C(C)C=CC21C. The number of rotatable bonds is 2. The van der Waals surface area contributed by atoms with Gasteiger partial charge in [-0.2, -0.15) is 0 Å². The third kappa shape index (κ3) is 2.24. The van der Waals surface area contributed by atoms with Gasteiger partial charge in [-0.25, -0.2) is 0 Å². The molecule has 3 rings (SSSR count). The summed E-state index contributed by atoms with van der Waals surface area (Å²) in [7, 11) is 0. The van der Waals surface area contributed by atoms with Crippen LogP contribution in [0.2, 0.25) is 0 Å². The lowest BCUT2D eigenvalue weighted by Crippen LogP contribution is -2.53. The van der Waals surface area contributed by atoms with E-state index in [4.69, 9.17) is 0 Å². The average Bonchev–Trinajstić information content (AvgIpc) is 2.58. The quantitative estimate of drug-likeness (QED) is 0.737. The molecule has 1 heteroatoms. The topological polar surface area (TPSA) is 12.0 Å². The van der Waals surface area contributed by atoms with E-state index in [1.54, 1.807) is 11.1 Å². The molecular weight excluding hydrogens is 278 g/mol. The van der Waals surface area contributed by atoms with Gasteiger partial charge in [-0.1, -0.05) is 75.3 Å². The summed E-state index contributed by atoms with van der Waals surface area (Å²) in [5.74, 6) is 1.13. The number of fused-ring (bicyclic) bond motifs is 2. The minimum atomic E-state index is -0.0731. The van der Waals surface area contributed by atoms with E-state index in [0.29, 0.717) is 11.8 Å². The second-order valence-corrected chi connectivity index (χ2v) is 7.86. The molecule has 0 saturated carbocycles. The third-order valence-corrected chi connectivity index (χ3v) is 6.53. The molecule has 0 bridgehead atoms. The molecule has 23 heavy (non-hydrogen) atoms. The highest BCUT2D eigenvalue weighted by Crippen LogP contribution is 2.55. The summed E-state index contributed by atoms with van der Waals surface area (Å²) >= 11 is 0. The fourth-order valence-electron chi connectivity index (χ4n) is 5.09. The molecule has 0 saturated heterocycles. The van der Waals surface area contributed by atoms with Crippen molar-refractivity contribution in [3.8, 4) is 0 Å². The zero-order chi connectivity index (χ0) is 16.8. The van der Waals surface area contributed by atoms with Gasteiger partial charge in [-0.15, -0.1) is 0 Å². The average molecular weight is 309 g/mol. The maximum absolute atomic E-state index is 3.87. The Morgan fingerprint density at radius 1 is 1.17 bits per heavy atom. The van der Waals surface area contributed by atoms with Gasteiger partial charge in [0.05, 0.1) is 5.54 Å². The molecule has 0 amide bonds. The fourth-order valence-corrected chi connectivity index (χ4v) is 5.09. The first kappa shape index (κ1) is 16.5. The second kappa shape index (κ2) is 5.63. The predicted octanol–water partition coefficient (Wildman–Crippen LogP) is 5.23. The maximum Gasteiger partial charge on any atom is 0.0535 e. The van der Waals surface area contributed by atoms with Gasteiger partial charge in [0.25, 0.3) is 0 Å². The Morgan fingerprint density at radius 3 is 2.57 bits per heavy atom. The van der Waals surface area contributed by atoms with E-state index in [-0.39, 0.29) is 11.0 Å². The molecule has 0 fully saturated rings. The molecule has 2 aliphatic rings. The lowest BCUT2D eigenvalue weighted by Gasteiger charge is -2.50. The Bertz CT molecular complexity index is 668. The van der Waals surface area contributed by atoms with Crippen LogP contribution in [0.25, 0.3) is 0 Å². The van der Waals surface area contributed by atoms with Gasteiger partial charge in [0, 0.05) is 5.41 Å². The summed E-state index contributed by atoms with van der Waals surface area (Å²) in [4.78, 5) is 0. The van der Waals surface area contributed by atoms with Gasteiger partial charge in [0.2, 0.25) is 0 Å². The fraction of sp³-hybridized carbons (Fsp3) is 0.545. The zero-order valence-corrected chi connectivity index (χ0v) is 15.5. The molecular formula is C22H31N. The van der Waals surface area contributed by atoms with Crippen molar-refractivity contribution in [1.29, 1.82) is 0 Å². The molecule has 4 atom stereocenters. The minimum Gasteiger partial charge on any atom is -0.307 e. The van der Waals surface area contributed by atoms with Crippen LogP contribution >= 0.6 is 0 Å². The van der Waals surface area contributed by atoms with Gasteiger partial charge in [0.1, 0.15) is 0 Å². The Labute approximate surface area is 141 Å². The van der Waals surface area contributed by atoms with Crippen molar-refractivity contribution in [3.63, 3.8) is 0 Å². The molecule has 0 heterocycles. The van der Waals surface area contributed by atoms with Crippen LogP contribution in [0.1, 0.15) is 52.7 Å². The van der Waals surface area contributed by atoms with Crippen molar-refractivity contribution in [2.24, 2.45) is 17.3 Å². The highest BCUT2D eigenvalue weighted by Gasteiger charge is 2.51. The first-order chi connectivity index (χ1) is 10.8. The first-order valence-corrected chi connectivity index (χ1v) is 9.09. The maximum atomic E-state index is 3.87. The van der Waals surface area contributed by atoms with Crippen LogP contribution in [-0.4, -0.2) is 6.54 Å². The molecule has 0 aromatic heterocycles. The van der Waals surface area contributed by atoms with Crippen LogP contribution < -0.4 is 5.32 Å². The summed E-state index contributed by atoms with van der Waals surface area (Å²) < 4.78 is 0. The van der Waals surface area contributed by atoms with Crippen LogP contribution in [0, 0.1) is 17.3 Å². The first-order valence-electron chi connectivity index (χ1n) is 9.09. The van der Waals surface area contributed by atoms with E-state index in [1.165, 1.54) is 11.1 Å². The highest BCUT2D eigenvalue weighted by molar-refractivity contribution is 5.48. The van der Waals surface area contributed by atoms with Gasteiger partial charge in [-0.05, 0) is 49.8 Å². The number of benzene rings is 1. The van der Waals surface area contributed by atoms with E-state index in [2.05, 4.69) is 83.3 Å². The van der Waals surface area contributed by atoms with Crippen LogP contribution in [0.5, 0.6) is 0 Å². The van der Waals surface area contributed by atoms with Crippen LogP contribution in [0.4, 0.5) is 0 Å². The molecule has 2 aliphatic carbocycles. The number of hydrogen-bond acceptors (Lipinski definition) is 1. The van der Waals surface area contributed by atoms with E-state index in [0.717, 1.165) is 13.0 Å². The summed E-state index contributed by atoms with van der Waals surface area (Å²) in [5.41, 5.74) is 6.13. The van der Waals surface area contributed by atoms with Crippen LogP contribution in [0.15, 0.2) is 47.6 Å². The Kier molecular flexibility index (Phi) is 4.04. The van der Waals surface area contributed by atoms with Gasteiger partial charge < -0.3 is 5.32 Å². The van der Waals surface area contributed by atoms with Crippen molar-refractivity contribution >= 4 is 0 Å². The lowest BCUT2D eigenvalue weighted by atomic mass is 9.59. The molecule has 1 nitrogen and oxygen atoms in total. The van der Waals surface area contributed by atoms with Crippen molar-refractivity contribution in [3.05, 3.63) is 58.7 Å². The van der Waals surface area contributed by atoms with E-state index in [9.17, 15) is 0 Å². The summed E-state index contributed by atoms with van der Waals surface area (Å²) in [6.07, 6.45) is 6.04. The Balaban J connectivity index is 2.33. The van der Waals surface area contributed by atoms with Gasteiger partial charge in [0.15, 0.2) is 0 Å². The molecule has 1 aromatic rings. The van der Waals surface area contributed by atoms with Crippen molar-refractivity contribution < 1.29 is 0 Å². The van der Waals surface area contributed by atoms with Crippen molar-refractivity contribution in [2.45, 2.75) is 53.5 Å². The van der Waals surface area contributed by atoms with Crippen molar-refractivity contribution in [1.82, 2.24) is 5.32 Å². The van der Waals surface area contributed by atoms with Gasteiger partial charge in [-0.3, -0.25) is 0 Å². The molecule has 0 spiro atoms. The smallest absolute Gasteiger partial charge is 0.0535 e. The van der Waals surface area contributed by atoms with Crippen molar-refractivity contribution in [2.75, 3.05) is 6.54 Å². The van der Waals surface area contributed by atoms with Crippen LogP contribution in [-0.2, 0) is 12.0 Å². The lowest BCUT2D eigenvalue weighted by molar-refractivity contribution is 0.196. The Hall–Kier alpha value is -1.34. The summed E-state index contributed by atoms with van der Waals surface area (Å²) in [6, 6.07) is 9.04. The largest absolute Gasteiger partial charge is 0.307 e. The number of allylic oxidation sites excluding steroid dienone is 2. The third-order valence-electron chi connectivity index (χ3n) is 6.53. The molecule has 3 unspecified atom stereocenters. The zero-order valence-electron chi connectivity index (χ0n) is 15.5. The monoisotopic (exact) mass is 309 g/mol. The second-order valence-electron chi connectivity index (χ2n) is 7.86. The van der Waals surface area contributed by atoms with E-state index in [1.807, 2.05) is 0 Å². The normalized spacial score (nSPS) is 36.4. The number of nitrogens with one attached hydrogen (secondary N) is 1.